The molecule has 0 saturated carbocycles. The van der Waals surface area contributed by atoms with Crippen molar-refractivity contribution in [3.63, 3.8) is 0 Å². The SMILES string of the molecule is CC(C)(O)Cn1cc(-c2ccn3c(I)cnc3c2)cn1. The first kappa shape index (κ1) is 13.6. The summed E-state index contributed by atoms with van der Waals surface area (Å²) < 4.78 is 4.88. The first-order valence-corrected chi connectivity index (χ1v) is 7.38. The third-order valence-corrected chi connectivity index (χ3v) is 3.78. The average Bonchev–Trinajstić information content (AvgIpc) is 2.95. The highest BCUT2D eigenvalue weighted by Gasteiger charge is 2.14. The quantitative estimate of drug-likeness (QED) is 0.709. The van der Waals surface area contributed by atoms with Gasteiger partial charge in [0.2, 0.25) is 0 Å². The summed E-state index contributed by atoms with van der Waals surface area (Å²) in [6.07, 6.45) is 7.60. The molecule has 0 aromatic carbocycles. The number of aromatic nitrogens is 4. The summed E-state index contributed by atoms with van der Waals surface area (Å²) in [6, 6.07) is 4.08. The van der Waals surface area contributed by atoms with Crippen LogP contribution in [0.1, 0.15) is 13.8 Å². The molecule has 104 valence electrons. The lowest BCUT2D eigenvalue weighted by Crippen LogP contribution is -2.26. The number of hydrogen-bond acceptors (Lipinski definition) is 3. The topological polar surface area (TPSA) is 55.4 Å². The Balaban J connectivity index is 1.94. The fraction of sp³-hybridized carbons (Fsp3) is 0.286. The van der Waals surface area contributed by atoms with Crippen LogP contribution >= 0.6 is 22.6 Å². The Morgan fingerprint density at radius 1 is 1.30 bits per heavy atom. The molecular weight excluding hydrogens is 367 g/mol. The van der Waals surface area contributed by atoms with Crippen molar-refractivity contribution in [3.05, 3.63) is 40.6 Å². The Hall–Kier alpha value is -1.41. The number of imidazole rings is 1. The van der Waals surface area contributed by atoms with Crippen molar-refractivity contribution in [2.75, 3.05) is 0 Å². The predicted molar refractivity (Wildman–Crippen MR) is 85.4 cm³/mol. The van der Waals surface area contributed by atoms with Crippen molar-refractivity contribution in [2.24, 2.45) is 0 Å². The van der Waals surface area contributed by atoms with Gasteiger partial charge in [0, 0.05) is 18.0 Å². The van der Waals surface area contributed by atoms with Gasteiger partial charge in [-0.1, -0.05) is 0 Å². The van der Waals surface area contributed by atoms with Crippen molar-refractivity contribution in [1.82, 2.24) is 19.2 Å². The molecule has 1 N–H and O–H groups in total. The molecule has 0 unspecified atom stereocenters. The number of aliphatic hydroxyl groups is 1. The van der Waals surface area contributed by atoms with Crippen LogP contribution in [0.15, 0.2) is 36.9 Å². The summed E-state index contributed by atoms with van der Waals surface area (Å²) in [5.41, 5.74) is 2.24. The minimum Gasteiger partial charge on any atom is -0.389 e. The van der Waals surface area contributed by atoms with E-state index in [4.69, 9.17) is 0 Å². The van der Waals surface area contributed by atoms with E-state index in [0.29, 0.717) is 6.54 Å². The number of hydrogen-bond donors (Lipinski definition) is 1. The Bertz CT molecular complexity index is 754. The molecule has 0 aliphatic carbocycles. The number of halogens is 1. The lowest BCUT2D eigenvalue weighted by atomic mass is 10.1. The van der Waals surface area contributed by atoms with Crippen LogP contribution in [0.2, 0.25) is 0 Å². The highest BCUT2D eigenvalue weighted by atomic mass is 127. The lowest BCUT2D eigenvalue weighted by Gasteiger charge is -2.16. The summed E-state index contributed by atoms with van der Waals surface area (Å²) in [4.78, 5) is 4.36. The number of pyridine rings is 1. The highest BCUT2D eigenvalue weighted by Crippen LogP contribution is 2.21. The molecule has 5 nitrogen and oxygen atoms in total. The molecule has 0 aliphatic heterocycles. The normalized spacial score (nSPS) is 12.2. The minimum absolute atomic E-state index is 0.469. The summed E-state index contributed by atoms with van der Waals surface area (Å²) >= 11 is 2.25. The molecule has 0 saturated heterocycles. The van der Waals surface area contributed by atoms with E-state index in [1.54, 1.807) is 18.5 Å². The van der Waals surface area contributed by atoms with Crippen LogP contribution in [-0.4, -0.2) is 29.9 Å². The van der Waals surface area contributed by atoms with Crippen molar-refractivity contribution < 1.29 is 5.11 Å². The van der Waals surface area contributed by atoms with Gasteiger partial charge in [0.15, 0.2) is 0 Å². The fourth-order valence-electron chi connectivity index (χ4n) is 2.12. The van der Waals surface area contributed by atoms with Gasteiger partial charge >= 0.3 is 0 Å². The smallest absolute Gasteiger partial charge is 0.138 e. The van der Waals surface area contributed by atoms with Gasteiger partial charge in [0.05, 0.1) is 24.5 Å². The van der Waals surface area contributed by atoms with Gasteiger partial charge in [-0.05, 0) is 54.1 Å². The summed E-state index contributed by atoms with van der Waals surface area (Å²) in [5, 5.41) is 14.1. The molecule has 3 heterocycles. The standard InChI is InChI=1S/C14H15IN4O/c1-14(2,20)9-18-8-11(6-17-18)10-3-4-19-12(15)7-16-13(19)5-10/h3-8,20H,9H2,1-2H3. The van der Waals surface area contributed by atoms with E-state index >= 15 is 0 Å². The second-order valence-electron chi connectivity index (χ2n) is 5.46. The second-order valence-corrected chi connectivity index (χ2v) is 6.57. The van der Waals surface area contributed by atoms with Crippen LogP contribution in [0.3, 0.4) is 0 Å². The van der Waals surface area contributed by atoms with Crippen molar-refractivity contribution in [2.45, 2.75) is 26.0 Å². The van der Waals surface area contributed by atoms with Crippen molar-refractivity contribution in [3.8, 4) is 11.1 Å². The Kier molecular flexibility index (Phi) is 3.29. The van der Waals surface area contributed by atoms with Crippen molar-refractivity contribution >= 4 is 28.2 Å². The third-order valence-electron chi connectivity index (χ3n) is 2.98. The van der Waals surface area contributed by atoms with Gasteiger partial charge in [0.1, 0.15) is 9.35 Å². The molecule has 0 amide bonds. The van der Waals surface area contributed by atoms with E-state index in [-0.39, 0.29) is 0 Å². The largest absolute Gasteiger partial charge is 0.389 e. The Morgan fingerprint density at radius 3 is 2.85 bits per heavy atom. The fourth-order valence-corrected chi connectivity index (χ4v) is 2.67. The van der Waals surface area contributed by atoms with E-state index < -0.39 is 5.60 Å². The average molecular weight is 382 g/mol. The molecular formula is C14H15IN4O. The second kappa shape index (κ2) is 4.85. The molecule has 0 fully saturated rings. The number of rotatable bonds is 3. The molecule has 3 rings (SSSR count). The van der Waals surface area contributed by atoms with Gasteiger partial charge in [-0.2, -0.15) is 5.10 Å². The van der Waals surface area contributed by atoms with Gasteiger partial charge in [-0.15, -0.1) is 0 Å². The molecule has 0 atom stereocenters. The van der Waals surface area contributed by atoms with E-state index in [9.17, 15) is 5.11 Å². The van der Waals surface area contributed by atoms with E-state index in [0.717, 1.165) is 20.5 Å². The van der Waals surface area contributed by atoms with Crippen LogP contribution in [0.25, 0.3) is 16.8 Å². The molecule has 0 spiro atoms. The van der Waals surface area contributed by atoms with Crippen LogP contribution in [0.5, 0.6) is 0 Å². The summed E-state index contributed by atoms with van der Waals surface area (Å²) in [5.74, 6) is 0. The van der Waals surface area contributed by atoms with Gasteiger partial charge in [-0.3, -0.25) is 9.08 Å². The lowest BCUT2D eigenvalue weighted by molar-refractivity contribution is 0.0577. The monoisotopic (exact) mass is 382 g/mol. The maximum atomic E-state index is 9.82. The molecule has 20 heavy (non-hydrogen) atoms. The summed E-state index contributed by atoms with van der Waals surface area (Å²) in [6.45, 7) is 4.01. The van der Waals surface area contributed by atoms with Crippen LogP contribution in [0.4, 0.5) is 0 Å². The zero-order valence-electron chi connectivity index (χ0n) is 11.3. The molecule has 3 aromatic rings. The van der Waals surface area contributed by atoms with Gasteiger partial charge in [-0.25, -0.2) is 4.98 Å². The minimum atomic E-state index is -0.771. The predicted octanol–water partition coefficient (Wildman–Crippen LogP) is 2.57. The zero-order chi connectivity index (χ0) is 14.3. The van der Waals surface area contributed by atoms with Gasteiger partial charge in [0.25, 0.3) is 0 Å². The van der Waals surface area contributed by atoms with E-state index in [2.05, 4.69) is 32.7 Å². The third kappa shape index (κ3) is 2.71. The van der Waals surface area contributed by atoms with Crippen LogP contribution < -0.4 is 0 Å². The van der Waals surface area contributed by atoms with E-state index in [1.165, 1.54) is 0 Å². The van der Waals surface area contributed by atoms with Crippen LogP contribution in [0, 0.1) is 3.70 Å². The molecule has 0 aliphatic rings. The maximum absolute atomic E-state index is 9.82. The number of nitrogens with zero attached hydrogens (tertiary/aromatic N) is 4. The highest BCUT2D eigenvalue weighted by molar-refractivity contribution is 14.1. The Morgan fingerprint density at radius 2 is 2.10 bits per heavy atom. The first-order chi connectivity index (χ1) is 9.42. The molecule has 0 radical (unpaired) electrons. The summed E-state index contributed by atoms with van der Waals surface area (Å²) in [7, 11) is 0. The van der Waals surface area contributed by atoms with Crippen molar-refractivity contribution in [1.29, 1.82) is 0 Å². The first-order valence-electron chi connectivity index (χ1n) is 6.30. The molecule has 0 bridgehead atoms. The maximum Gasteiger partial charge on any atom is 0.138 e. The number of fused-ring (bicyclic) bond motifs is 1. The Labute approximate surface area is 130 Å². The molecule has 3 aromatic heterocycles. The van der Waals surface area contributed by atoms with E-state index in [1.807, 2.05) is 41.3 Å². The molecule has 6 heteroatoms. The van der Waals surface area contributed by atoms with Crippen LogP contribution in [-0.2, 0) is 6.54 Å². The zero-order valence-corrected chi connectivity index (χ0v) is 13.4. The van der Waals surface area contributed by atoms with Gasteiger partial charge < -0.3 is 5.11 Å².